The molecule has 2 aromatic carbocycles. The Morgan fingerprint density at radius 2 is 1.69 bits per heavy atom. The summed E-state index contributed by atoms with van der Waals surface area (Å²) in [6.07, 6.45) is 1.25. The van der Waals surface area contributed by atoms with Crippen molar-refractivity contribution in [1.29, 1.82) is 0 Å². The predicted octanol–water partition coefficient (Wildman–Crippen LogP) is 5.53. The SMILES string of the molecule is O=C(Cn1c(C(F)(F)F)nc2ccccc21)OCC(=O)c1ccc(C2CCCCC2)cc1. The molecule has 0 amide bonds. The molecule has 1 aliphatic carbocycles. The van der Waals surface area contributed by atoms with Gasteiger partial charge in [-0.15, -0.1) is 0 Å². The number of imidazole rings is 1. The van der Waals surface area contributed by atoms with E-state index >= 15 is 0 Å². The van der Waals surface area contributed by atoms with Gasteiger partial charge in [-0.25, -0.2) is 4.98 Å². The zero-order valence-corrected chi connectivity index (χ0v) is 17.4. The van der Waals surface area contributed by atoms with Crippen LogP contribution in [0.5, 0.6) is 0 Å². The maximum atomic E-state index is 13.3. The second-order valence-corrected chi connectivity index (χ2v) is 8.05. The van der Waals surface area contributed by atoms with Crippen LogP contribution in [0.4, 0.5) is 13.2 Å². The van der Waals surface area contributed by atoms with Crippen LogP contribution in [0.3, 0.4) is 0 Å². The van der Waals surface area contributed by atoms with Gasteiger partial charge >= 0.3 is 12.1 Å². The molecule has 0 saturated heterocycles. The third-order valence-electron chi connectivity index (χ3n) is 5.87. The number of Topliss-reactive ketones (excluding diaryl/α,β-unsaturated/α-hetero) is 1. The fourth-order valence-electron chi connectivity index (χ4n) is 4.23. The van der Waals surface area contributed by atoms with E-state index in [0.717, 1.165) is 17.4 Å². The lowest BCUT2D eigenvalue weighted by atomic mass is 9.84. The Balaban J connectivity index is 1.39. The first-order valence-electron chi connectivity index (χ1n) is 10.6. The summed E-state index contributed by atoms with van der Waals surface area (Å²) >= 11 is 0. The largest absolute Gasteiger partial charge is 0.456 e. The Bertz CT molecular complexity index is 1110. The van der Waals surface area contributed by atoms with E-state index in [0.29, 0.717) is 11.5 Å². The van der Waals surface area contributed by atoms with Gasteiger partial charge in [0, 0.05) is 5.56 Å². The highest BCUT2D eigenvalue weighted by atomic mass is 19.4. The van der Waals surface area contributed by atoms with Gasteiger partial charge in [-0.05, 0) is 36.5 Å². The summed E-state index contributed by atoms with van der Waals surface area (Å²) in [6, 6.07) is 13.3. The van der Waals surface area contributed by atoms with Crippen molar-refractivity contribution in [2.75, 3.05) is 6.61 Å². The first kappa shape index (κ1) is 22.0. The van der Waals surface area contributed by atoms with Crippen LogP contribution >= 0.6 is 0 Å². The molecule has 32 heavy (non-hydrogen) atoms. The van der Waals surface area contributed by atoms with Crippen molar-refractivity contribution < 1.29 is 27.5 Å². The molecule has 0 radical (unpaired) electrons. The number of ketones is 1. The minimum Gasteiger partial charge on any atom is -0.456 e. The van der Waals surface area contributed by atoms with Gasteiger partial charge in [0.05, 0.1) is 11.0 Å². The topological polar surface area (TPSA) is 61.2 Å². The second-order valence-electron chi connectivity index (χ2n) is 8.05. The zero-order chi connectivity index (χ0) is 22.7. The molecule has 4 rings (SSSR count). The Labute approximate surface area is 183 Å². The van der Waals surface area contributed by atoms with Crippen LogP contribution in [0, 0.1) is 0 Å². The molecule has 1 aliphatic rings. The number of aromatic nitrogens is 2. The quantitative estimate of drug-likeness (QED) is 0.371. The lowest BCUT2D eigenvalue weighted by molar-refractivity contribution is -0.150. The molecule has 0 aliphatic heterocycles. The molecule has 0 N–H and O–H groups in total. The van der Waals surface area contributed by atoms with E-state index in [1.54, 1.807) is 24.3 Å². The lowest BCUT2D eigenvalue weighted by Crippen LogP contribution is -2.22. The molecule has 8 heteroatoms. The van der Waals surface area contributed by atoms with Crippen molar-refractivity contribution in [2.45, 2.75) is 50.7 Å². The second kappa shape index (κ2) is 9.14. The number of benzene rings is 2. The Kier molecular flexibility index (Phi) is 6.30. The summed E-state index contributed by atoms with van der Waals surface area (Å²) in [5, 5.41) is 0. The molecule has 0 unspecified atom stereocenters. The molecule has 0 atom stereocenters. The standard InChI is InChI=1S/C24H23F3N2O3/c25-24(26,27)23-28-19-8-4-5-9-20(19)29(23)14-22(31)32-15-21(30)18-12-10-17(11-13-18)16-6-2-1-3-7-16/h4-5,8-13,16H,1-3,6-7,14-15H2. The zero-order valence-electron chi connectivity index (χ0n) is 17.4. The maximum absolute atomic E-state index is 13.3. The summed E-state index contributed by atoms with van der Waals surface area (Å²) in [4.78, 5) is 28.2. The molecule has 5 nitrogen and oxygen atoms in total. The lowest BCUT2D eigenvalue weighted by Gasteiger charge is -2.22. The van der Waals surface area contributed by atoms with E-state index in [-0.39, 0.29) is 11.0 Å². The highest BCUT2D eigenvalue weighted by Crippen LogP contribution is 2.33. The molecular weight excluding hydrogens is 421 g/mol. The number of rotatable bonds is 6. The fraction of sp³-hybridized carbons (Fsp3) is 0.375. The normalized spacial score (nSPS) is 15.1. The van der Waals surface area contributed by atoms with Gasteiger partial charge in [-0.1, -0.05) is 55.7 Å². The van der Waals surface area contributed by atoms with Crippen LogP contribution in [-0.4, -0.2) is 27.9 Å². The van der Waals surface area contributed by atoms with Crippen LogP contribution in [0.25, 0.3) is 11.0 Å². The average molecular weight is 444 g/mol. The number of fused-ring (bicyclic) bond motifs is 1. The maximum Gasteiger partial charge on any atom is 0.449 e. The van der Waals surface area contributed by atoms with Crippen LogP contribution in [0.1, 0.15) is 59.8 Å². The molecule has 0 bridgehead atoms. The van der Waals surface area contributed by atoms with Gasteiger partial charge in [0.2, 0.25) is 5.82 Å². The number of para-hydroxylation sites is 2. The number of ether oxygens (including phenoxy) is 1. The molecule has 3 aromatic rings. The fourth-order valence-corrected chi connectivity index (χ4v) is 4.23. The molecule has 0 spiro atoms. The molecule has 1 saturated carbocycles. The third-order valence-corrected chi connectivity index (χ3v) is 5.87. The molecule has 1 fully saturated rings. The van der Waals surface area contributed by atoms with Gasteiger partial charge in [-0.3, -0.25) is 9.59 Å². The molecule has 1 aromatic heterocycles. The van der Waals surface area contributed by atoms with Gasteiger partial charge in [-0.2, -0.15) is 13.2 Å². The average Bonchev–Trinajstić information content (AvgIpc) is 3.17. The van der Waals surface area contributed by atoms with Crippen LogP contribution in [0.15, 0.2) is 48.5 Å². The Morgan fingerprint density at radius 3 is 2.38 bits per heavy atom. The molecule has 168 valence electrons. The molecule has 1 heterocycles. The summed E-state index contributed by atoms with van der Waals surface area (Å²) < 4.78 is 45.8. The van der Waals surface area contributed by atoms with E-state index in [1.807, 2.05) is 12.1 Å². The Hall–Kier alpha value is -3.16. The van der Waals surface area contributed by atoms with Gasteiger partial charge in [0.1, 0.15) is 6.54 Å². The number of carbonyl (C=O) groups excluding carboxylic acids is 2. The number of carbonyl (C=O) groups is 2. The summed E-state index contributed by atoms with van der Waals surface area (Å²) in [7, 11) is 0. The van der Waals surface area contributed by atoms with E-state index < -0.39 is 36.9 Å². The highest BCUT2D eigenvalue weighted by Gasteiger charge is 2.38. The Morgan fingerprint density at radius 1 is 1.00 bits per heavy atom. The van der Waals surface area contributed by atoms with E-state index in [1.165, 1.54) is 37.0 Å². The van der Waals surface area contributed by atoms with Gasteiger partial charge < -0.3 is 9.30 Å². The van der Waals surface area contributed by atoms with Crippen molar-refractivity contribution in [1.82, 2.24) is 9.55 Å². The van der Waals surface area contributed by atoms with E-state index in [2.05, 4.69) is 4.98 Å². The monoisotopic (exact) mass is 444 g/mol. The number of nitrogens with zero attached hydrogens (tertiary/aromatic N) is 2. The third kappa shape index (κ3) is 4.84. The number of esters is 1. The number of hydrogen-bond donors (Lipinski definition) is 0. The van der Waals surface area contributed by atoms with Crippen LogP contribution in [0.2, 0.25) is 0 Å². The van der Waals surface area contributed by atoms with Gasteiger partial charge in [0.25, 0.3) is 0 Å². The highest BCUT2D eigenvalue weighted by molar-refractivity contribution is 5.98. The van der Waals surface area contributed by atoms with Crippen molar-refractivity contribution >= 4 is 22.8 Å². The van der Waals surface area contributed by atoms with E-state index in [9.17, 15) is 22.8 Å². The summed E-state index contributed by atoms with van der Waals surface area (Å²) in [5.74, 6) is -2.01. The number of alkyl halides is 3. The number of halogens is 3. The van der Waals surface area contributed by atoms with Crippen molar-refractivity contribution in [2.24, 2.45) is 0 Å². The first-order chi connectivity index (χ1) is 15.3. The number of hydrogen-bond acceptors (Lipinski definition) is 4. The van der Waals surface area contributed by atoms with Crippen molar-refractivity contribution in [3.05, 3.63) is 65.5 Å². The van der Waals surface area contributed by atoms with Crippen molar-refractivity contribution in [3.8, 4) is 0 Å². The summed E-state index contributed by atoms with van der Waals surface area (Å²) in [5.41, 5.74) is 1.90. The van der Waals surface area contributed by atoms with E-state index in [4.69, 9.17) is 4.74 Å². The smallest absolute Gasteiger partial charge is 0.449 e. The van der Waals surface area contributed by atoms with Gasteiger partial charge in [0.15, 0.2) is 12.4 Å². The first-order valence-corrected chi connectivity index (χ1v) is 10.6. The minimum atomic E-state index is -4.73. The molecular formula is C24H23F3N2O3. The summed E-state index contributed by atoms with van der Waals surface area (Å²) in [6.45, 7) is -1.22. The van der Waals surface area contributed by atoms with Crippen LogP contribution in [-0.2, 0) is 22.3 Å². The minimum absolute atomic E-state index is 0.127. The van der Waals surface area contributed by atoms with Crippen molar-refractivity contribution in [3.63, 3.8) is 0 Å². The predicted molar refractivity (Wildman–Crippen MR) is 112 cm³/mol. The van der Waals surface area contributed by atoms with Crippen LogP contribution < -0.4 is 0 Å².